The number of esters is 1. The van der Waals surface area contributed by atoms with Crippen molar-refractivity contribution in [1.29, 1.82) is 0 Å². The lowest BCUT2D eigenvalue weighted by molar-refractivity contribution is -0.144. The molecule has 0 N–H and O–H groups in total. The van der Waals surface area contributed by atoms with Crippen LogP contribution in [0, 0.1) is 11.3 Å². The van der Waals surface area contributed by atoms with Crippen LogP contribution in [0.25, 0.3) is 5.57 Å². The molecular weight excluding hydrogens is 316 g/mol. The Labute approximate surface area is 147 Å². The zero-order valence-electron chi connectivity index (χ0n) is 14.8. The van der Waals surface area contributed by atoms with E-state index in [1.807, 2.05) is 25.1 Å². The number of methoxy groups -OCH3 is 2. The van der Waals surface area contributed by atoms with E-state index in [-0.39, 0.29) is 17.7 Å². The first kappa shape index (κ1) is 16.1. The second kappa shape index (κ2) is 5.58. The number of allylic oxidation sites excluding steroid dienone is 3. The van der Waals surface area contributed by atoms with Crippen molar-refractivity contribution < 1.29 is 19.1 Å². The summed E-state index contributed by atoms with van der Waals surface area (Å²) in [7, 11) is 3.08. The van der Waals surface area contributed by atoms with Crippen LogP contribution >= 0.6 is 0 Å². The van der Waals surface area contributed by atoms with Gasteiger partial charge in [0.15, 0.2) is 0 Å². The predicted molar refractivity (Wildman–Crippen MR) is 94.2 cm³/mol. The van der Waals surface area contributed by atoms with Crippen molar-refractivity contribution in [2.45, 2.75) is 32.6 Å². The van der Waals surface area contributed by atoms with Crippen LogP contribution in [-0.4, -0.2) is 26.0 Å². The third-order valence-electron chi connectivity index (χ3n) is 6.09. The van der Waals surface area contributed by atoms with Crippen molar-refractivity contribution in [3.05, 3.63) is 46.5 Å². The first-order valence-corrected chi connectivity index (χ1v) is 8.72. The number of ether oxygens (including phenoxy) is 2. The molecule has 0 saturated carbocycles. The molecule has 0 saturated heterocycles. The van der Waals surface area contributed by atoms with Gasteiger partial charge in [0.1, 0.15) is 11.5 Å². The molecule has 3 aliphatic carbocycles. The van der Waals surface area contributed by atoms with E-state index in [0.717, 1.165) is 35.3 Å². The third kappa shape index (κ3) is 2.20. The number of carbonyl (C=O) groups excluding carboxylic acids is 2. The average molecular weight is 338 g/mol. The largest absolute Gasteiger partial charge is 0.497 e. The summed E-state index contributed by atoms with van der Waals surface area (Å²) in [5.41, 5.74) is 5.12. The molecule has 3 aliphatic rings. The van der Waals surface area contributed by atoms with Crippen molar-refractivity contribution in [3.8, 4) is 5.75 Å². The molecular formula is C21H22O4. The van der Waals surface area contributed by atoms with Gasteiger partial charge in [0.25, 0.3) is 0 Å². The summed E-state index contributed by atoms with van der Waals surface area (Å²) in [6.07, 6.45) is 4.69. The Kier molecular flexibility index (Phi) is 3.60. The van der Waals surface area contributed by atoms with E-state index in [0.29, 0.717) is 12.8 Å². The zero-order valence-corrected chi connectivity index (χ0v) is 14.8. The maximum absolute atomic E-state index is 12.6. The summed E-state index contributed by atoms with van der Waals surface area (Å²) in [6, 6.07) is 6.05. The maximum Gasteiger partial charge on any atom is 0.313 e. The van der Waals surface area contributed by atoms with E-state index >= 15 is 0 Å². The number of ketones is 1. The minimum atomic E-state index is -0.449. The number of Topliss-reactive ketones (excluding diaryl/α,β-unsaturated/α-hetero) is 1. The van der Waals surface area contributed by atoms with E-state index < -0.39 is 5.41 Å². The fourth-order valence-corrected chi connectivity index (χ4v) is 4.65. The Morgan fingerprint density at radius 2 is 2.08 bits per heavy atom. The van der Waals surface area contributed by atoms with Gasteiger partial charge >= 0.3 is 5.97 Å². The highest BCUT2D eigenvalue weighted by Crippen LogP contribution is 2.55. The molecule has 4 heteroatoms. The predicted octanol–water partition coefficient (Wildman–Crippen LogP) is 3.49. The van der Waals surface area contributed by atoms with Gasteiger partial charge in [-0.15, -0.1) is 0 Å². The monoisotopic (exact) mass is 338 g/mol. The van der Waals surface area contributed by atoms with Gasteiger partial charge in [-0.05, 0) is 66.2 Å². The lowest BCUT2D eigenvalue weighted by Gasteiger charge is -2.40. The summed E-state index contributed by atoms with van der Waals surface area (Å²) >= 11 is 0. The Balaban J connectivity index is 1.93. The van der Waals surface area contributed by atoms with Crippen LogP contribution in [0.3, 0.4) is 0 Å². The number of hydrogen-bond donors (Lipinski definition) is 0. The molecule has 0 spiro atoms. The summed E-state index contributed by atoms with van der Waals surface area (Å²) in [6.45, 7) is 2.02. The van der Waals surface area contributed by atoms with Crippen LogP contribution in [0.4, 0.5) is 0 Å². The minimum absolute atomic E-state index is 0.231. The quantitative estimate of drug-likeness (QED) is 0.775. The molecule has 0 bridgehead atoms. The molecule has 0 fully saturated rings. The minimum Gasteiger partial charge on any atom is -0.497 e. The molecule has 0 aromatic heterocycles. The lowest BCUT2D eigenvalue weighted by atomic mass is 9.62. The standard InChI is InChI=1S/C21H22O4/c1-21-9-8-15-14-5-4-13(24-2)10-12(14)11-16(20(23)25-3)19(15)17(21)6-7-18(21)22/h4-6,10,16H,7-9,11H2,1-3H3/t16-,21+/m1/s1. The first-order chi connectivity index (χ1) is 12.0. The lowest BCUT2D eigenvalue weighted by Crippen LogP contribution is -2.36. The van der Waals surface area contributed by atoms with Gasteiger partial charge in [-0.2, -0.15) is 0 Å². The number of hydrogen-bond acceptors (Lipinski definition) is 4. The van der Waals surface area contributed by atoms with Crippen LogP contribution in [0.2, 0.25) is 0 Å². The molecule has 2 atom stereocenters. The first-order valence-electron chi connectivity index (χ1n) is 8.72. The number of rotatable bonds is 2. The van der Waals surface area contributed by atoms with Gasteiger partial charge in [-0.3, -0.25) is 9.59 Å². The Morgan fingerprint density at radius 3 is 2.80 bits per heavy atom. The van der Waals surface area contributed by atoms with E-state index in [9.17, 15) is 9.59 Å². The number of carbonyl (C=O) groups is 2. The van der Waals surface area contributed by atoms with Gasteiger partial charge in [-0.25, -0.2) is 0 Å². The normalized spacial score (nSPS) is 27.2. The molecule has 4 rings (SSSR count). The molecule has 1 aromatic carbocycles. The zero-order chi connectivity index (χ0) is 17.8. The van der Waals surface area contributed by atoms with Crippen molar-refractivity contribution in [1.82, 2.24) is 0 Å². The smallest absolute Gasteiger partial charge is 0.313 e. The van der Waals surface area contributed by atoms with Crippen LogP contribution in [0.1, 0.15) is 37.3 Å². The number of benzene rings is 1. The van der Waals surface area contributed by atoms with E-state index in [2.05, 4.69) is 6.07 Å². The summed E-state index contributed by atoms with van der Waals surface area (Å²) in [5, 5.41) is 0. The maximum atomic E-state index is 12.6. The summed E-state index contributed by atoms with van der Waals surface area (Å²) in [4.78, 5) is 25.0. The van der Waals surface area contributed by atoms with Gasteiger partial charge in [0.05, 0.1) is 25.6 Å². The summed E-state index contributed by atoms with van der Waals surface area (Å²) in [5.74, 6) is 0.474. The van der Waals surface area contributed by atoms with Gasteiger partial charge < -0.3 is 9.47 Å². The summed E-state index contributed by atoms with van der Waals surface area (Å²) < 4.78 is 10.5. The van der Waals surface area contributed by atoms with Crippen LogP contribution in [0.5, 0.6) is 5.75 Å². The third-order valence-corrected chi connectivity index (χ3v) is 6.09. The van der Waals surface area contributed by atoms with Crippen molar-refractivity contribution in [2.24, 2.45) is 11.3 Å². The Bertz CT molecular complexity index is 845. The van der Waals surface area contributed by atoms with E-state index in [1.54, 1.807) is 7.11 Å². The van der Waals surface area contributed by atoms with Crippen molar-refractivity contribution >= 4 is 17.3 Å². The van der Waals surface area contributed by atoms with E-state index in [1.165, 1.54) is 18.2 Å². The molecule has 130 valence electrons. The molecule has 0 heterocycles. The molecule has 0 amide bonds. The molecule has 25 heavy (non-hydrogen) atoms. The van der Waals surface area contributed by atoms with Crippen LogP contribution in [0.15, 0.2) is 35.4 Å². The highest BCUT2D eigenvalue weighted by molar-refractivity contribution is 5.98. The number of fused-ring (bicyclic) bond motifs is 4. The molecule has 4 nitrogen and oxygen atoms in total. The molecule has 0 aliphatic heterocycles. The second-order valence-corrected chi connectivity index (χ2v) is 7.27. The van der Waals surface area contributed by atoms with Crippen LogP contribution < -0.4 is 4.74 Å². The van der Waals surface area contributed by atoms with E-state index in [4.69, 9.17) is 9.47 Å². The van der Waals surface area contributed by atoms with Gasteiger partial charge in [-0.1, -0.05) is 12.1 Å². The molecule has 1 aromatic rings. The second-order valence-electron chi connectivity index (χ2n) is 7.27. The fourth-order valence-electron chi connectivity index (χ4n) is 4.65. The van der Waals surface area contributed by atoms with Gasteiger partial charge in [0.2, 0.25) is 0 Å². The van der Waals surface area contributed by atoms with Crippen molar-refractivity contribution in [2.75, 3.05) is 14.2 Å². The van der Waals surface area contributed by atoms with Crippen molar-refractivity contribution in [3.63, 3.8) is 0 Å². The average Bonchev–Trinajstić information content (AvgIpc) is 2.94. The highest BCUT2D eigenvalue weighted by atomic mass is 16.5. The molecule has 0 radical (unpaired) electrons. The van der Waals surface area contributed by atoms with Gasteiger partial charge in [0, 0.05) is 6.42 Å². The SMILES string of the molecule is COC(=O)[C@@H]1Cc2cc(OC)ccc2C2=C1C1=CCC(=O)[C@@]1(C)CC2. The fraction of sp³-hybridized carbons (Fsp3) is 0.429. The Morgan fingerprint density at radius 1 is 1.28 bits per heavy atom. The topological polar surface area (TPSA) is 52.6 Å². The highest BCUT2D eigenvalue weighted by Gasteiger charge is 2.49. The van der Waals surface area contributed by atoms with Crippen LogP contribution in [-0.2, 0) is 20.7 Å². The Hall–Kier alpha value is -2.36. The molecule has 0 unspecified atom stereocenters.